The molecule has 19 heavy (non-hydrogen) atoms. The molecule has 0 bridgehead atoms. The van der Waals surface area contributed by atoms with Crippen LogP contribution in [0.1, 0.15) is 57.0 Å². The molecule has 0 amide bonds. The molecule has 1 aromatic heterocycles. The van der Waals surface area contributed by atoms with Crippen LogP contribution >= 0.6 is 0 Å². The van der Waals surface area contributed by atoms with Gasteiger partial charge in [0.05, 0.1) is 6.54 Å². The summed E-state index contributed by atoms with van der Waals surface area (Å²) in [5.41, 5.74) is 0. The van der Waals surface area contributed by atoms with Gasteiger partial charge in [-0.3, -0.25) is 10.1 Å². The van der Waals surface area contributed by atoms with Gasteiger partial charge < -0.3 is 9.52 Å². The summed E-state index contributed by atoms with van der Waals surface area (Å²) in [6.45, 7) is 4.77. The minimum Gasteiger partial charge on any atom is -0.480 e. The van der Waals surface area contributed by atoms with Crippen LogP contribution in [0, 0.1) is 5.92 Å². The van der Waals surface area contributed by atoms with Crippen LogP contribution in [0.2, 0.25) is 0 Å². The van der Waals surface area contributed by atoms with Crippen molar-refractivity contribution in [1.29, 1.82) is 0 Å². The Hall–Kier alpha value is -1.29. The third kappa shape index (κ3) is 3.83. The lowest BCUT2D eigenvalue weighted by Crippen LogP contribution is -2.36. The van der Waals surface area contributed by atoms with Gasteiger partial charge >= 0.3 is 5.97 Å². The molecule has 106 valence electrons. The number of rotatable bonds is 8. The number of nitrogens with one attached hydrogen (secondary N) is 1. The van der Waals surface area contributed by atoms with Gasteiger partial charge in [0.1, 0.15) is 17.6 Å². The van der Waals surface area contributed by atoms with E-state index < -0.39 is 12.0 Å². The van der Waals surface area contributed by atoms with Gasteiger partial charge in [0.2, 0.25) is 0 Å². The highest BCUT2D eigenvalue weighted by Gasteiger charge is 2.36. The predicted molar refractivity (Wildman–Crippen MR) is 73.0 cm³/mol. The molecule has 3 unspecified atom stereocenters. The smallest absolute Gasteiger partial charge is 0.320 e. The highest BCUT2D eigenvalue weighted by molar-refractivity contribution is 5.73. The average molecular weight is 265 g/mol. The van der Waals surface area contributed by atoms with Crippen molar-refractivity contribution in [1.82, 2.24) is 5.32 Å². The second-order valence-corrected chi connectivity index (χ2v) is 5.54. The van der Waals surface area contributed by atoms with E-state index in [1.165, 1.54) is 6.42 Å². The van der Waals surface area contributed by atoms with Crippen LogP contribution < -0.4 is 5.32 Å². The molecule has 4 heteroatoms. The number of unbranched alkanes of at least 4 members (excludes halogenated alkanes) is 1. The fourth-order valence-corrected chi connectivity index (χ4v) is 2.35. The number of aliphatic carboxylic acids is 1. The molecule has 0 radical (unpaired) electrons. The zero-order valence-corrected chi connectivity index (χ0v) is 11.7. The standard InChI is InChI=1S/C15H23NO3/c1-3-4-5-13(15(17)18)16-9-11-6-7-14(19-11)12-8-10(12)2/h6-7,10,12-13,16H,3-5,8-9H2,1-2H3,(H,17,18). The van der Waals surface area contributed by atoms with Crippen molar-refractivity contribution in [3.63, 3.8) is 0 Å². The fraction of sp³-hybridized carbons (Fsp3) is 0.667. The van der Waals surface area contributed by atoms with E-state index in [2.05, 4.69) is 19.2 Å². The van der Waals surface area contributed by atoms with Crippen LogP contribution in [-0.4, -0.2) is 17.1 Å². The number of carboxylic acids is 1. The van der Waals surface area contributed by atoms with Gasteiger partial charge in [0, 0.05) is 5.92 Å². The number of carboxylic acid groups (broad SMARTS) is 1. The molecule has 1 heterocycles. The first kappa shape index (κ1) is 14.1. The first-order valence-corrected chi connectivity index (χ1v) is 7.16. The summed E-state index contributed by atoms with van der Waals surface area (Å²) in [4.78, 5) is 11.1. The summed E-state index contributed by atoms with van der Waals surface area (Å²) in [5, 5.41) is 12.2. The van der Waals surface area contributed by atoms with Crippen LogP contribution in [0.4, 0.5) is 0 Å². The first-order valence-electron chi connectivity index (χ1n) is 7.16. The van der Waals surface area contributed by atoms with E-state index in [0.29, 0.717) is 18.9 Å². The van der Waals surface area contributed by atoms with Crippen molar-refractivity contribution in [3.05, 3.63) is 23.7 Å². The van der Waals surface area contributed by atoms with Crippen molar-refractivity contribution < 1.29 is 14.3 Å². The SMILES string of the molecule is CCCCC(NCc1ccc(C2CC2C)o1)C(=O)O. The van der Waals surface area contributed by atoms with Gasteiger partial charge in [0.25, 0.3) is 0 Å². The maximum absolute atomic E-state index is 11.1. The Morgan fingerprint density at radius 3 is 2.89 bits per heavy atom. The molecule has 1 aromatic rings. The van der Waals surface area contributed by atoms with Crippen molar-refractivity contribution in [2.24, 2.45) is 5.92 Å². The van der Waals surface area contributed by atoms with Crippen LogP contribution in [0.25, 0.3) is 0 Å². The zero-order valence-electron chi connectivity index (χ0n) is 11.7. The molecule has 1 aliphatic carbocycles. The Labute approximate surface area is 114 Å². The molecule has 0 aromatic carbocycles. The molecule has 1 saturated carbocycles. The molecule has 4 nitrogen and oxygen atoms in total. The summed E-state index contributed by atoms with van der Waals surface area (Å²) in [6, 6.07) is 3.49. The van der Waals surface area contributed by atoms with Crippen molar-refractivity contribution in [2.45, 2.75) is 58.0 Å². The molecule has 0 aliphatic heterocycles. The number of carbonyl (C=O) groups is 1. The van der Waals surface area contributed by atoms with E-state index >= 15 is 0 Å². The third-order valence-electron chi connectivity index (χ3n) is 3.82. The molecular weight excluding hydrogens is 242 g/mol. The third-order valence-corrected chi connectivity index (χ3v) is 3.82. The molecule has 2 N–H and O–H groups in total. The Morgan fingerprint density at radius 1 is 1.58 bits per heavy atom. The van der Waals surface area contributed by atoms with E-state index in [1.54, 1.807) is 0 Å². The van der Waals surface area contributed by atoms with Crippen LogP contribution in [0.5, 0.6) is 0 Å². The molecule has 0 spiro atoms. The minimum atomic E-state index is -0.781. The Bertz CT molecular complexity index is 427. The first-order chi connectivity index (χ1) is 9.11. The van der Waals surface area contributed by atoms with E-state index in [1.807, 2.05) is 12.1 Å². The topological polar surface area (TPSA) is 62.5 Å². The lowest BCUT2D eigenvalue weighted by molar-refractivity contribution is -0.139. The average Bonchev–Trinajstić information content (AvgIpc) is 2.91. The maximum atomic E-state index is 11.1. The number of hydrogen-bond acceptors (Lipinski definition) is 3. The van der Waals surface area contributed by atoms with E-state index in [4.69, 9.17) is 9.52 Å². The van der Waals surface area contributed by atoms with E-state index in [-0.39, 0.29) is 0 Å². The van der Waals surface area contributed by atoms with Crippen LogP contribution in [-0.2, 0) is 11.3 Å². The number of hydrogen-bond donors (Lipinski definition) is 2. The van der Waals surface area contributed by atoms with Crippen LogP contribution in [0.3, 0.4) is 0 Å². The highest BCUT2D eigenvalue weighted by atomic mass is 16.4. The molecular formula is C15H23NO3. The molecule has 0 saturated heterocycles. The van der Waals surface area contributed by atoms with Crippen molar-refractivity contribution in [3.8, 4) is 0 Å². The van der Waals surface area contributed by atoms with E-state index in [9.17, 15) is 4.79 Å². The zero-order chi connectivity index (χ0) is 13.8. The Balaban J connectivity index is 1.82. The lowest BCUT2D eigenvalue weighted by atomic mass is 10.1. The minimum absolute atomic E-state index is 0.478. The quantitative estimate of drug-likeness (QED) is 0.758. The second-order valence-electron chi connectivity index (χ2n) is 5.54. The molecule has 1 aliphatic rings. The molecule has 3 atom stereocenters. The summed E-state index contributed by atoms with van der Waals surface area (Å²) >= 11 is 0. The van der Waals surface area contributed by atoms with Crippen molar-refractivity contribution >= 4 is 5.97 Å². The largest absolute Gasteiger partial charge is 0.480 e. The van der Waals surface area contributed by atoms with Gasteiger partial charge in [-0.15, -0.1) is 0 Å². The normalized spacial score (nSPS) is 23.3. The second kappa shape index (κ2) is 6.24. The van der Waals surface area contributed by atoms with Gasteiger partial charge in [-0.25, -0.2) is 0 Å². The summed E-state index contributed by atoms with van der Waals surface area (Å²) < 4.78 is 5.76. The van der Waals surface area contributed by atoms with Crippen LogP contribution in [0.15, 0.2) is 16.5 Å². The lowest BCUT2D eigenvalue weighted by Gasteiger charge is -2.12. The predicted octanol–water partition coefficient (Wildman–Crippen LogP) is 3.14. The summed E-state index contributed by atoms with van der Waals surface area (Å²) in [5.74, 6) is 2.39. The summed E-state index contributed by atoms with van der Waals surface area (Å²) in [6.07, 6.45) is 3.80. The molecule has 2 rings (SSSR count). The maximum Gasteiger partial charge on any atom is 0.320 e. The number of furan rings is 1. The summed E-state index contributed by atoms with van der Waals surface area (Å²) in [7, 11) is 0. The monoisotopic (exact) mass is 265 g/mol. The van der Waals surface area contributed by atoms with E-state index in [0.717, 1.165) is 30.3 Å². The fourth-order valence-electron chi connectivity index (χ4n) is 2.35. The Morgan fingerprint density at radius 2 is 2.32 bits per heavy atom. The Kier molecular flexibility index (Phi) is 4.64. The van der Waals surface area contributed by atoms with Gasteiger partial charge in [-0.05, 0) is 30.9 Å². The van der Waals surface area contributed by atoms with Crippen molar-refractivity contribution in [2.75, 3.05) is 0 Å². The highest BCUT2D eigenvalue weighted by Crippen LogP contribution is 2.47. The van der Waals surface area contributed by atoms with Gasteiger partial charge in [-0.2, -0.15) is 0 Å². The van der Waals surface area contributed by atoms with Gasteiger partial charge in [0.15, 0.2) is 0 Å². The molecule has 1 fully saturated rings. The van der Waals surface area contributed by atoms with Gasteiger partial charge in [-0.1, -0.05) is 26.7 Å².